The highest BCUT2D eigenvalue weighted by molar-refractivity contribution is 7.98. The summed E-state index contributed by atoms with van der Waals surface area (Å²) in [6, 6.07) is 12.0. The molecule has 0 N–H and O–H groups in total. The summed E-state index contributed by atoms with van der Waals surface area (Å²) in [6.45, 7) is 5.53. The van der Waals surface area contributed by atoms with E-state index in [9.17, 15) is 9.59 Å². The Bertz CT molecular complexity index is 1070. The quantitative estimate of drug-likeness (QED) is 0.323. The molecule has 0 bridgehead atoms. The molecule has 156 valence electrons. The SMILES string of the molecule is CC(C)(C)OC(=O)N(c1cc(SCc2ccccc2)nc2c(C=O)cnn12)C1CC1. The lowest BCUT2D eigenvalue weighted by molar-refractivity contribution is 0.0575. The lowest BCUT2D eigenvalue weighted by Gasteiger charge is -2.27. The maximum Gasteiger partial charge on any atom is 0.416 e. The maximum atomic E-state index is 13.0. The molecular formula is C22H24N4O3S. The van der Waals surface area contributed by atoms with Gasteiger partial charge in [-0.05, 0) is 39.2 Å². The minimum Gasteiger partial charge on any atom is -0.443 e. The first-order valence-corrected chi connectivity index (χ1v) is 10.9. The average Bonchev–Trinajstić information content (AvgIpc) is 3.44. The molecule has 30 heavy (non-hydrogen) atoms. The largest absolute Gasteiger partial charge is 0.443 e. The fraction of sp³-hybridized carbons (Fsp3) is 0.364. The Balaban J connectivity index is 1.74. The minimum atomic E-state index is -0.612. The summed E-state index contributed by atoms with van der Waals surface area (Å²) in [4.78, 5) is 30.8. The molecule has 3 aromatic rings. The molecule has 1 aliphatic rings. The van der Waals surface area contributed by atoms with Gasteiger partial charge in [0.05, 0.1) is 11.8 Å². The number of anilines is 1. The van der Waals surface area contributed by atoms with Gasteiger partial charge in [-0.1, -0.05) is 30.3 Å². The third-order valence-electron chi connectivity index (χ3n) is 4.56. The predicted octanol–water partition coefficient (Wildman–Crippen LogP) is 4.74. The highest BCUT2D eigenvalue weighted by Crippen LogP contribution is 2.35. The molecule has 1 aliphatic carbocycles. The molecule has 0 aliphatic heterocycles. The van der Waals surface area contributed by atoms with Crippen LogP contribution >= 0.6 is 11.8 Å². The number of nitrogens with zero attached hydrogens (tertiary/aromatic N) is 4. The number of amides is 1. The Kier molecular flexibility index (Phi) is 5.51. The van der Waals surface area contributed by atoms with E-state index in [1.165, 1.54) is 11.8 Å². The Labute approximate surface area is 179 Å². The van der Waals surface area contributed by atoms with Crippen molar-refractivity contribution in [1.82, 2.24) is 14.6 Å². The van der Waals surface area contributed by atoms with E-state index in [1.807, 2.05) is 45.0 Å². The van der Waals surface area contributed by atoms with Crippen molar-refractivity contribution in [2.24, 2.45) is 0 Å². The Hall–Kier alpha value is -2.87. The number of hydrogen-bond acceptors (Lipinski definition) is 6. The average molecular weight is 425 g/mol. The van der Waals surface area contributed by atoms with E-state index >= 15 is 0 Å². The van der Waals surface area contributed by atoms with Crippen molar-refractivity contribution in [2.75, 3.05) is 4.90 Å². The lowest BCUT2D eigenvalue weighted by atomic mass is 10.2. The molecule has 0 radical (unpaired) electrons. The number of rotatable bonds is 6. The van der Waals surface area contributed by atoms with E-state index in [1.54, 1.807) is 21.2 Å². The summed E-state index contributed by atoms with van der Waals surface area (Å²) < 4.78 is 7.21. The molecule has 2 aromatic heterocycles. The summed E-state index contributed by atoms with van der Waals surface area (Å²) in [5.41, 5.74) is 1.38. The number of carbonyl (C=O) groups excluding carboxylic acids is 2. The van der Waals surface area contributed by atoms with E-state index in [-0.39, 0.29) is 6.04 Å². The first-order valence-electron chi connectivity index (χ1n) is 9.88. The normalized spacial score (nSPS) is 14.0. The number of hydrogen-bond donors (Lipinski definition) is 0. The van der Waals surface area contributed by atoms with Crippen LogP contribution in [0.5, 0.6) is 0 Å². The van der Waals surface area contributed by atoms with Crippen LogP contribution in [-0.2, 0) is 10.5 Å². The van der Waals surface area contributed by atoms with Gasteiger partial charge in [0.15, 0.2) is 11.9 Å². The molecule has 0 spiro atoms. The number of fused-ring (bicyclic) bond motifs is 1. The second kappa shape index (κ2) is 8.10. The number of aldehydes is 1. The van der Waals surface area contributed by atoms with Crippen molar-refractivity contribution in [3.05, 3.63) is 53.7 Å². The van der Waals surface area contributed by atoms with Crippen molar-refractivity contribution < 1.29 is 14.3 Å². The first kappa shape index (κ1) is 20.4. The van der Waals surface area contributed by atoms with E-state index < -0.39 is 11.7 Å². The number of aromatic nitrogens is 3. The van der Waals surface area contributed by atoms with Crippen LogP contribution in [0.4, 0.5) is 10.6 Å². The lowest BCUT2D eigenvalue weighted by Crippen LogP contribution is -2.39. The van der Waals surface area contributed by atoms with Crippen molar-refractivity contribution in [3.8, 4) is 0 Å². The van der Waals surface area contributed by atoms with Gasteiger partial charge >= 0.3 is 6.09 Å². The molecule has 2 heterocycles. The van der Waals surface area contributed by atoms with Crippen molar-refractivity contribution in [2.45, 2.75) is 56.0 Å². The van der Waals surface area contributed by atoms with Crippen molar-refractivity contribution in [1.29, 1.82) is 0 Å². The summed E-state index contributed by atoms with van der Waals surface area (Å²) in [6.07, 6.45) is 3.60. The van der Waals surface area contributed by atoms with Gasteiger partial charge < -0.3 is 4.74 Å². The standard InChI is InChI=1S/C22H24N4O3S/c1-22(2,3)29-21(28)25(17-9-10-17)19-11-18(30-14-15-7-5-4-6-8-15)24-20-16(13-27)12-23-26(19)20/h4-8,11-13,17H,9-10,14H2,1-3H3. The maximum absolute atomic E-state index is 13.0. The molecular weight excluding hydrogens is 400 g/mol. The molecule has 0 saturated heterocycles. The Morgan fingerprint density at radius 3 is 2.67 bits per heavy atom. The van der Waals surface area contributed by atoms with E-state index in [0.29, 0.717) is 17.0 Å². The number of thioether (sulfide) groups is 1. The molecule has 1 amide bonds. The van der Waals surface area contributed by atoms with Crippen LogP contribution in [0, 0.1) is 0 Å². The topological polar surface area (TPSA) is 76.8 Å². The van der Waals surface area contributed by atoms with Crippen LogP contribution in [0.2, 0.25) is 0 Å². The van der Waals surface area contributed by atoms with Crippen LogP contribution in [-0.4, -0.2) is 38.6 Å². The van der Waals surface area contributed by atoms with Gasteiger partial charge in [-0.3, -0.25) is 9.69 Å². The summed E-state index contributed by atoms with van der Waals surface area (Å²) in [5, 5.41) is 5.04. The smallest absolute Gasteiger partial charge is 0.416 e. The fourth-order valence-corrected chi connectivity index (χ4v) is 3.92. The minimum absolute atomic E-state index is 0.0568. The van der Waals surface area contributed by atoms with Crippen molar-refractivity contribution in [3.63, 3.8) is 0 Å². The molecule has 1 aromatic carbocycles. The second-order valence-electron chi connectivity index (χ2n) is 8.26. The zero-order chi connectivity index (χ0) is 21.3. The molecule has 1 fully saturated rings. The van der Waals surface area contributed by atoms with Crippen molar-refractivity contribution >= 4 is 35.6 Å². The number of carbonyl (C=O) groups is 2. The van der Waals surface area contributed by atoms with Gasteiger partial charge in [-0.25, -0.2) is 9.78 Å². The zero-order valence-electron chi connectivity index (χ0n) is 17.2. The monoisotopic (exact) mass is 424 g/mol. The van der Waals surface area contributed by atoms with Gasteiger partial charge in [-0.15, -0.1) is 11.8 Å². The van der Waals surface area contributed by atoms with Gasteiger partial charge in [0.1, 0.15) is 16.4 Å². The van der Waals surface area contributed by atoms with Gasteiger partial charge in [0.25, 0.3) is 0 Å². The van der Waals surface area contributed by atoms with E-state index in [4.69, 9.17) is 4.74 Å². The highest BCUT2D eigenvalue weighted by atomic mass is 32.2. The molecule has 7 nitrogen and oxygen atoms in total. The zero-order valence-corrected chi connectivity index (χ0v) is 18.1. The molecule has 4 rings (SSSR count). The van der Waals surface area contributed by atoms with E-state index in [0.717, 1.165) is 29.9 Å². The third-order valence-corrected chi connectivity index (χ3v) is 5.54. The highest BCUT2D eigenvalue weighted by Gasteiger charge is 2.38. The predicted molar refractivity (Wildman–Crippen MR) is 116 cm³/mol. The van der Waals surface area contributed by atoms with Crippen LogP contribution in [0.1, 0.15) is 49.5 Å². The summed E-state index contributed by atoms with van der Waals surface area (Å²) in [5.74, 6) is 1.30. The second-order valence-corrected chi connectivity index (χ2v) is 9.26. The van der Waals surface area contributed by atoms with Crippen LogP contribution in [0.3, 0.4) is 0 Å². The van der Waals surface area contributed by atoms with E-state index in [2.05, 4.69) is 22.2 Å². The van der Waals surface area contributed by atoms with Gasteiger partial charge in [0, 0.05) is 17.9 Å². The first-order chi connectivity index (χ1) is 14.4. The summed E-state index contributed by atoms with van der Waals surface area (Å²) >= 11 is 1.55. The van der Waals surface area contributed by atoms with Crippen LogP contribution in [0.15, 0.2) is 47.6 Å². The third kappa shape index (κ3) is 4.48. The molecule has 0 unspecified atom stereocenters. The van der Waals surface area contributed by atoms with Crippen LogP contribution < -0.4 is 4.90 Å². The van der Waals surface area contributed by atoms with Gasteiger partial charge in [-0.2, -0.15) is 9.61 Å². The molecule has 0 atom stereocenters. The number of ether oxygens (including phenoxy) is 1. The molecule has 1 saturated carbocycles. The van der Waals surface area contributed by atoms with Gasteiger partial charge in [0.2, 0.25) is 0 Å². The summed E-state index contributed by atoms with van der Waals surface area (Å²) in [7, 11) is 0. The molecule has 8 heteroatoms. The Morgan fingerprint density at radius 1 is 1.30 bits per heavy atom. The van der Waals surface area contributed by atoms with Crippen LogP contribution in [0.25, 0.3) is 5.65 Å². The number of benzene rings is 1. The Morgan fingerprint density at radius 2 is 2.03 bits per heavy atom. The fourth-order valence-electron chi connectivity index (χ4n) is 3.08.